The molecule has 1 aromatic carbocycles. The van der Waals surface area contributed by atoms with Crippen LogP contribution in [0.4, 0.5) is 5.69 Å². The van der Waals surface area contributed by atoms with Crippen molar-refractivity contribution in [2.24, 2.45) is 0 Å². The fraction of sp³-hybridized carbons (Fsp3) is 0.273. The molecule has 1 saturated heterocycles. The number of amides is 1. The van der Waals surface area contributed by atoms with Crippen LogP contribution in [-0.4, -0.2) is 39.7 Å². The van der Waals surface area contributed by atoms with Gasteiger partial charge in [0.05, 0.1) is 13.2 Å². The van der Waals surface area contributed by atoms with Gasteiger partial charge in [-0.2, -0.15) is 5.21 Å². The number of aromatic amines is 1. The van der Waals surface area contributed by atoms with Crippen molar-refractivity contribution in [3.63, 3.8) is 0 Å². The van der Waals surface area contributed by atoms with Crippen LogP contribution in [0.3, 0.4) is 0 Å². The fourth-order valence-corrected chi connectivity index (χ4v) is 1.76. The van der Waals surface area contributed by atoms with Crippen molar-refractivity contribution in [2.75, 3.05) is 18.5 Å². The summed E-state index contributed by atoms with van der Waals surface area (Å²) in [7, 11) is 0. The van der Waals surface area contributed by atoms with Crippen LogP contribution in [0, 0.1) is 0 Å². The zero-order chi connectivity index (χ0) is 13.1. The second-order valence-electron chi connectivity index (χ2n) is 3.89. The zero-order valence-electron chi connectivity index (χ0n) is 9.87. The van der Waals surface area contributed by atoms with E-state index in [2.05, 4.69) is 25.9 Å². The average Bonchev–Trinajstić information content (AvgIpc) is 3.13. The smallest absolute Gasteiger partial charge is 0.297 e. The number of rotatable bonds is 3. The molecule has 3 rings (SSSR count). The number of hydrogen-bond donors (Lipinski definition) is 2. The summed E-state index contributed by atoms with van der Waals surface area (Å²) >= 11 is 0. The lowest BCUT2D eigenvalue weighted by atomic mass is 10.2. The normalized spacial score (nSPS) is 15.6. The third-order valence-corrected chi connectivity index (χ3v) is 2.59. The summed E-state index contributed by atoms with van der Waals surface area (Å²) in [5.74, 6) is -0.446. The van der Waals surface area contributed by atoms with Gasteiger partial charge in [0, 0.05) is 11.3 Å². The summed E-state index contributed by atoms with van der Waals surface area (Å²) in [6.07, 6.45) is -0.373. The van der Waals surface area contributed by atoms with Gasteiger partial charge in [-0.15, -0.1) is 10.2 Å². The van der Waals surface area contributed by atoms with E-state index >= 15 is 0 Å². The van der Waals surface area contributed by atoms with Crippen LogP contribution in [-0.2, 0) is 9.47 Å². The lowest BCUT2D eigenvalue weighted by Gasteiger charge is -2.10. The van der Waals surface area contributed by atoms with E-state index in [-0.39, 0.29) is 12.1 Å². The molecule has 2 aromatic rings. The minimum atomic E-state index is -0.431. The molecular weight excluding hydrogens is 250 g/mol. The van der Waals surface area contributed by atoms with Gasteiger partial charge in [-0.05, 0) is 17.3 Å². The molecule has 98 valence electrons. The first-order valence-electron chi connectivity index (χ1n) is 5.71. The van der Waals surface area contributed by atoms with Crippen LogP contribution >= 0.6 is 0 Å². The number of nitrogens with zero attached hydrogens (tertiary/aromatic N) is 3. The lowest BCUT2D eigenvalue weighted by Crippen LogP contribution is -2.14. The van der Waals surface area contributed by atoms with Crippen LogP contribution < -0.4 is 5.32 Å². The van der Waals surface area contributed by atoms with Crippen LogP contribution in [0.1, 0.15) is 22.5 Å². The number of hydrogen-bond acceptors (Lipinski definition) is 6. The molecule has 0 aliphatic carbocycles. The first kappa shape index (κ1) is 11.8. The van der Waals surface area contributed by atoms with Crippen molar-refractivity contribution < 1.29 is 14.3 Å². The summed E-state index contributed by atoms with van der Waals surface area (Å²) < 4.78 is 10.8. The number of benzene rings is 1. The molecule has 1 aliphatic rings. The van der Waals surface area contributed by atoms with Gasteiger partial charge in [0.15, 0.2) is 6.29 Å². The van der Waals surface area contributed by atoms with Gasteiger partial charge >= 0.3 is 0 Å². The minimum Gasteiger partial charge on any atom is -0.346 e. The molecule has 2 N–H and O–H groups in total. The summed E-state index contributed by atoms with van der Waals surface area (Å²) in [6, 6.07) is 7.23. The van der Waals surface area contributed by atoms with Crippen LogP contribution in [0.2, 0.25) is 0 Å². The van der Waals surface area contributed by atoms with E-state index < -0.39 is 5.91 Å². The summed E-state index contributed by atoms with van der Waals surface area (Å²) in [4.78, 5) is 11.7. The number of ether oxygens (including phenoxy) is 2. The number of aromatic nitrogens is 4. The van der Waals surface area contributed by atoms with Crippen molar-refractivity contribution in [3.05, 3.63) is 35.7 Å². The molecule has 19 heavy (non-hydrogen) atoms. The highest BCUT2D eigenvalue weighted by molar-refractivity contribution is 6.01. The van der Waals surface area contributed by atoms with Crippen LogP contribution in [0.25, 0.3) is 0 Å². The molecule has 1 aliphatic heterocycles. The second-order valence-corrected chi connectivity index (χ2v) is 3.89. The number of nitrogens with one attached hydrogen (secondary N) is 2. The Labute approximate surface area is 108 Å². The fourth-order valence-electron chi connectivity index (χ4n) is 1.76. The molecule has 2 heterocycles. The van der Waals surface area contributed by atoms with Gasteiger partial charge in [0.1, 0.15) is 0 Å². The maximum absolute atomic E-state index is 11.7. The number of tetrazole rings is 1. The highest BCUT2D eigenvalue weighted by Crippen LogP contribution is 2.25. The van der Waals surface area contributed by atoms with Crippen molar-refractivity contribution in [1.29, 1.82) is 0 Å². The molecule has 1 fully saturated rings. The molecule has 8 heteroatoms. The van der Waals surface area contributed by atoms with E-state index in [0.29, 0.717) is 18.9 Å². The maximum Gasteiger partial charge on any atom is 0.297 e. The molecule has 0 unspecified atom stereocenters. The van der Waals surface area contributed by atoms with Crippen molar-refractivity contribution >= 4 is 11.6 Å². The first-order valence-corrected chi connectivity index (χ1v) is 5.71. The number of anilines is 1. The highest BCUT2D eigenvalue weighted by Gasteiger charge is 2.19. The monoisotopic (exact) mass is 261 g/mol. The third-order valence-electron chi connectivity index (χ3n) is 2.59. The average molecular weight is 261 g/mol. The largest absolute Gasteiger partial charge is 0.346 e. The predicted molar refractivity (Wildman–Crippen MR) is 63.2 cm³/mol. The van der Waals surface area contributed by atoms with Gasteiger partial charge in [0.2, 0.25) is 0 Å². The number of carbonyl (C=O) groups excluding carboxylic acids is 1. The van der Waals surface area contributed by atoms with Gasteiger partial charge < -0.3 is 14.8 Å². The standard InChI is InChI=1S/C11H11N5O3/c17-10(9-13-15-16-14-9)12-8-3-1-2-7(6-8)11-18-4-5-19-11/h1-3,6,11H,4-5H2,(H,12,17)(H,13,14,15,16). The molecule has 0 saturated carbocycles. The van der Waals surface area contributed by atoms with Gasteiger partial charge in [0.25, 0.3) is 11.7 Å². The van der Waals surface area contributed by atoms with E-state index in [0.717, 1.165) is 5.56 Å². The Morgan fingerprint density at radius 3 is 2.95 bits per heavy atom. The zero-order valence-corrected chi connectivity index (χ0v) is 9.87. The number of H-pyrrole nitrogens is 1. The second kappa shape index (κ2) is 5.12. The summed E-state index contributed by atoms with van der Waals surface area (Å²) in [5.41, 5.74) is 1.47. The lowest BCUT2D eigenvalue weighted by molar-refractivity contribution is -0.0440. The van der Waals surface area contributed by atoms with E-state index in [1.54, 1.807) is 12.1 Å². The predicted octanol–water partition coefficient (Wildman–Crippen LogP) is 0.497. The van der Waals surface area contributed by atoms with E-state index in [4.69, 9.17) is 9.47 Å². The molecule has 8 nitrogen and oxygen atoms in total. The topological polar surface area (TPSA) is 102 Å². The molecule has 1 amide bonds. The van der Waals surface area contributed by atoms with E-state index in [1.807, 2.05) is 12.1 Å². The highest BCUT2D eigenvalue weighted by atomic mass is 16.7. The molecule has 0 spiro atoms. The Morgan fingerprint density at radius 1 is 1.37 bits per heavy atom. The Bertz CT molecular complexity index is 565. The van der Waals surface area contributed by atoms with Gasteiger partial charge in [-0.3, -0.25) is 4.79 Å². The molecule has 1 aromatic heterocycles. The Hall–Kier alpha value is -2.32. The molecule has 0 bridgehead atoms. The summed E-state index contributed by atoms with van der Waals surface area (Å²) in [5, 5.41) is 15.4. The van der Waals surface area contributed by atoms with Crippen molar-refractivity contribution in [1.82, 2.24) is 20.6 Å². The van der Waals surface area contributed by atoms with E-state index in [9.17, 15) is 4.79 Å². The van der Waals surface area contributed by atoms with Crippen molar-refractivity contribution in [2.45, 2.75) is 6.29 Å². The Kier molecular flexibility index (Phi) is 3.17. The van der Waals surface area contributed by atoms with Crippen LogP contribution in [0.5, 0.6) is 0 Å². The Balaban J connectivity index is 1.74. The van der Waals surface area contributed by atoms with Crippen molar-refractivity contribution in [3.8, 4) is 0 Å². The Morgan fingerprint density at radius 2 is 2.21 bits per heavy atom. The SMILES string of the molecule is O=C(Nc1cccc(C2OCCO2)c1)c1nn[nH]n1. The van der Waals surface area contributed by atoms with Gasteiger partial charge in [-0.25, -0.2) is 0 Å². The quantitative estimate of drug-likeness (QED) is 0.834. The van der Waals surface area contributed by atoms with E-state index in [1.165, 1.54) is 0 Å². The van der Waals surface area contributed by atoms with Crippen LogP contribution in [0.15, 0.2) is 24.3 Å². The minimum absolute atomic E-state index is 0.0150. The third kappa shape index (κ3) is 2.59. The summed E-state index contributed by atoms with van der Waals surface area (Å²) in [6.45, 7) is 1.15. The number of carbonyl (C=O) groups is 1. The maximum atomic E-state index is 11.7. The molecular formula is C11H11N5O3. The molecule has 0 radical (unpaired) electrons. The molecule has 0 atom stereocenters. The van der Waals surface area contributed by atoms with Gasteiger partial charge in [-0.1, -0.05) is 12.1 Å². The first-order chi connectivity index (χ1) is 9.33.